The van der Waals surface area contributed by atoms with Crippen molar-refractivity contribution in [2.24, 2.45) is 0 Å². The maximum Gasteiger partial charge on any atom is 0.337 e. The summed E-state index contributed by atoms with van der Waals surface area (Å²) >= 11 is 0. The molecule has 2 aromatic rings. The number of hydrogen-bond acceptors (Lipinski definition) is 8. The van der Waals surface area contributed by atoms with Gasteiger partial charge in [-0.05, 0) is 32.1 Å². The van der Waals surface area contributed by atoms with Gasteiger partial charge in [0, 0.05) is 18.7 Å². The molecule has 0 saturated heterocycles. The summed E-state index contributed by atoms with van der Waals surface area (Å²) in [4.78, 5) is 21.5. The van der Waals surface area contributed by atoms with Crippen molar-refractivity contribution < 1.29 is 9.66 Å². The van der Waals surface area contributed by atoms with Crippen LogP contribution in [0.25, 0.3) is 11.3 Å². The smallest absolute Gasteiger partial charge is 0.337 e. The molecule has 0 saturated carbocycles. The fraction of sp³-hybridized carbons (Fsp3) is 0.444. The Bertz CT molecular complexity index is 780. The Morgan fingerprint density at radius 2 is 1.93 bits per heavy atom. The fourth-order valence-corrected chi connectivity index (χ4v) is 2.74. The van der Waals surface area contributed by atoms with Crippen molar-refractivity contribution in [2.75, 3.05) is 43.8 Å². The minimum absolute atomic E-state index is 0.0375. The van der Waals surface area contributed by atoms with Crippen LogP contribution in [0.5, 0.6) is 5.75 Å². The van der Waals surface area contributed by atoms with Crippen LogP contribution in [0.1, 0.15) is 20.8 Å². The standard InChI is InChI=1S/C18H26N6O3/c1-4-20-17-16(24(25)26)15(21-18(19)22-17)13-9-7-8-10-14(13)27-12-11-23(5-2)6-3/h7-10H,4-6,11-12H2,1-3H3,(H3,19,20,21,22). The Morgan fingerprint density at radius 3 is 2.56 bits per heavy atom. The zero-order valence-electron chi connectivity index (χ0n) is 15.9. The van der Waals surface area contributed by atoms with E-state index in [1.165, 1.54) is 0 Å². The van der Waals surface area contributed by atoms with Crippen molar-refractivity contribution >= 4 is 17.5 Å². The van der Waals surface area contributed by atoms with E-state index < -0.39 is 4.92 Å². The van der Waals surface area contributed by atoms with Crippen molar-refractivity contribution in [3.05, 3.63) is 34.4 Å². The van der Waals surface area contributed by atoms with Gasteiger partial charge in [-0.1, -0.05) is 26.0 Å². The highest BCUT2D eigenvalue weighted by molar-refractivity contribution is 5.81. The summed E-state index contributed by atoms with van der Waals surface area (Å²) in [7, 11) is 0. The van der Waals surface area contributed by atoms with Crippen molar-refractivity contribution in [3.8, 4) is 17.0 Å². The second-order valence-corrected chi connectivity index (χ2v) is 5.79. The van der Waals surface area contributed by atoms with Crippen LogP contribution in [0.4, 0.5) is 17.5 Å². The van der Waals surface area contributed by atoms with E-state index in [9.17, 15) is 10.1 Å². The Hall–Kier alpha value is -2.94. The number of benzene rings is 1. The van der Waals surface area contributed by atoms with Crippen LogP contribution in [-0.4, -0.2) is 52.6 Å². The molecule has 3 N–H and O–H groups in total. The van der Waals surface area contributed by atoms with Crippen LogP contribution in [0.3, 0.4) is 0 Å². The van der Waals surface area contributed by atoms with Crippen LogP contribution >= 0.6 is 0 Å². The number of para-hydroxylation sites is 1. The van der Waals surface area contributed by atoms with Crippen molar-refractivity contribution in [2.45, 2.75) is 20.8 Å². The number of nitrogens with zero attached hydrogens (tertiary/aromatic N) is 4. The topological polar surface area (TPSA) is 119 Å². The van der Waals surface area contributed by atoms with E-state index in [-0.39, 0.29) is 23.1 Å². The molecular formula is C18H26N6O3. The Morgan fingerprint density at radius 1 is 1.22 bits per heavy atom. The van der Waals surface area contributed by atoms with E-state index in [1.807, 2.05) is 13.0 Å². The molecule has 1 heterocycles. The third kappa shape index (κ3) is 5.04. The fourth-order valence-electron chi connectivity index (χ4n) is 2.74. The summed E-state index contributed by atoms with van der Waals surface area (Å²) in [5.41, 5.74) is 6.22. The predicted octanol–water partition coefficient (Wildman–Crippen LogP) is 2.79. The largest absolute Gasteiger partial charge is 0.492 e. The first-order valence-corrected chi connectivity index (χ1v) is 9.02. The molecule has 0 spiro atoms. The predicted molar refractivity (Wildman–Crippen MR) is 106 cm³/mol. The molecule has 1 aromatic carbocycles. The third-order valence-electron chi connectivity index (χ3n) is 4.13. The normalized spacial score (nSPS) is 10.8. The molecule has 0 aliphatic rings. The summed E-state index contributed by atoms with van der Waals surface area (Å²) in [5.74, 6) is 0.584. The maximum atomic E-state index is 11.7. The lowest BCUT2D eigenvalue weighted by Crippen LogP contribution is -2.28. The van der Waals surface area contributed by atoms with Crippen LogP contribution in [0.2, 0.25) is 0 Å². The number of nitrogens with two attached hydrogens (primary N) is 1. The number of nitrogen functional groups attached to an aromatic ring is 1. The lowest BCUT2D eigenvalue weighted by molar-refractivity contribution is -0.383. The average Bonchev–Trinajstić information content (AvgIpc) is 2.65. The van der Waals surface area contributed by atoms with E-state index in [0.29, 0.717) is 24.5 Å². The van der Waals surface area contributed by atoms with Gasteiger partial charge in [-0.15, -0.1) is 0 Å². The number of nitro groups is 1. The van der Waals surface area contributed by atoms with Gasteiger partial charge in [0.2, 0.25) is 11.8 Å². The van der Waals surface area contributed by atoms with E-state index in [1.54, 1.807) is 18.2 Å². The minimum Gasteiger partial charge on any atom is -0.492 e. The molecule has 0 atom stereocenters. The SMILES string of the molecule is CCNc1nc(N)nc(-c2ccccc2OCCN(CC)CC)c1[N+](=O)[O-]. The summed E-state index contributed by atoms with van der Waals surface area (Å²) in [5, 5.41) is 14.6. The van der Waals surface area contributed by atoms with Gasteiger partial charge < -0.3 is 20.7 Å². The first-order chi connectivity index (χ1) is 13.0. The Kier molecular flexibility index (Phi) is 7.30. The first-order valence-electron chi connectivity index (χ1n) is 9.02. The van der Waals surface area contributed by atoms with E-state index >= 15 is 0 Å². The van der Waals surface area contributed by atoms with E-state index in [0.717, 1.165) is 19.6 Å². The van der Waals surface area contributed by atoms with Gasteiger partial charge in [-0.25, -0.2) is 4.98 Å². The number of likely N-dealkylation sites (N-methyl/N-ethyl adjacent to an activating group) is 1. The van der Waals surface area contributed by atoms with Crippen LogP contribution in [-0.2, 0) is 0 Å². The summed E-state index contributed by atoms with van der Waals surface area (Å²) in [6.07, 6.45) is 0. The van der Waals surface area contributed by atoms with E-state index in [4.69, 9.17) is 10.5 Å². The molecule has 0 amide bonds. The molecule has 0 fully saturated rings. The maximum absolute atomic E-state index is 11.7. The van der Waals surface area contributed by atoms with Gasteiger partial charge in [-0.2, -0.15) is 4.98 Å². The number of rotatable bonds is 10. The highest BCUT2D eigenvalue weighted by Gasteiger charge is 2.27. The molecule has 9 heteroatoms. The molecule has 0 unspecified atom stereocenters. The quantitative estimate of drug-likeness (QED) is 0.481. The zero-order chi connectivity index (χ0) is 19.8. The van der Waals surface area contributed by atoms with Gasteiger partial charge in [0.05, 0.1) is 4.92 Å². The Labute approximate surface area is 158 Å². The molecule has 2 rings (SSSR count). The van der Waals surface area contributed by atoms with Crippen molar-refractivity contribution in [3.63, 3.8) is 0 Å². The van der Waals surface area contributed by atoms with Gasteiger partial charge >= 0.3 is 5.69 Å². The number of anilines is 2. The minimum atomic E-state index is -0.501. The van der Waals surface area contributed by atoms with Gasteiger partial charge in [-0.3, -0.25) is 10.1 Å². The van der Waals surface area contributed by atoms with Crippen molar-refractivity contribution in [1.29, 1.82) is 0 Å². The van der Waals surface area contributed by atoms with Gasteiger partial charge in [0.1, 0.15) is 12.4 Å². The summed E-state index contributed by atoms with van der Waals surface area (Å²) < 4.78 is 5.91. The molecular weight excluding hydrogens is 348 g/mol. The number of ether oxygens (including phenoxy) is 1. The Balaban J connectivity index is 2.42. The van der Waals surface area contributed by atoms with Crippen LogP contribution in [0.15, 0.2) is 24.3 Å². The van der Waals surface area contributed by atoms with Crippen LogP contribution < -0.4 is 15.8 Å². The number of nitrogens with one attached hydrogen (secondary N) is 1. The molecule has 9 nitrogen and oxygen atoms in total. The average molecular weight is 374 g/mol. The monoisotopic (exact) mass is 374 g/mol. The van der Waals surface area contributed by atoms with Crippen LogP contribution in [0, 0.1) is 10.1 Å². The van der Waals surface area contributed by atoms with Gasteiger partial charge in [0.15, 0.2) is 5.69 Å². The van der Waals surface area contributed by atoms with E-state index in [2.05, 4.69) is 34.0 Å². The number of hydrogen-bond donors (Lipinski definition) is 2. The van der Waals surface area contributed by atoms with Crippen molar-refractivity contribution in [1.82, 2.24) is 14.9 Å². The molecule has 0 bridgehead atoms. The summed E-state index contributed by atoms with van der Waals surface area (Å²) in [6.45, 7) is 9.57. The molecule has 1 aromatic heterocycles. The molecule has 27 heavy (non-hydrogen) atoms. The third-order valence-corrected chi connectivity index (χ3v) is 4.13. The second kappa shape index (κ2) is 9.67. The summed E-state index contributed by atoms with van der Waals surface area (Å²) in [6, 6.07) is 7.10. The molecule has 0 radical (unpaired) electrons. The number of aromatic nitrogens is 2. The second-order valence-electron chi connectivity index (χ2n) is 5.79. The first kappa shape index (κ1) is 20.4. The zero-order valence-corrected chi connectivity index (χ0v) is 15.9. The highest BCUT2D eigenvalue weighted by Crippen LogP contribution is 2.38. The lowest BCUT2D eigenvalue weighted by atomic mass is 10.1. The van der Waals surface area contributed by atoms with Gasteiger partial charge in [0.25, 0.3) is 0 Å². The molecule has 146 valence electrons. The highest BCUT2D eigenvalue weighted by atomic mass is 16.6. The molecule has 0 aliphatic carbocycles. The lowest BCUT2D eigenvalue weighted by Gasteiger charge is -2.19. The molecule has 0 aliphatic heterocycles.